The highest BCUT2D eigenvalue weighted by atomic mass is 79.9. The maximum atomic E-state index is 12.8. The van der Waals surface area contributed by atoms with Crippen molar-refractivity contribution >= 4 is 27.7 Å². The molecule has 0 fully saturated rings. The number of rotatable bonds is 6. The molecule has 0 atom stereocenters. The third-order valence-electron chi connectivity index (χ3n) is 4.35. The minimum Gasteiger partial charge on any atom is -0.484 e. The van der Waals surface area contributed by atoms with Gasteiger partial charge in [-0.2, -0.15) is 0 Å². The lowest BCUT2D eigenvalue weighted by Gasteiger charge is -2.18. The van der Waals surface area contributed by atoms with Crippen molar-refractivity contribution in [3.05, 3.63) is 100 Å². The molecular weight excluding hydrogens is 432 g/mol. The summed E-state index contributed by atoms with van der Waals surface area (Å²) in [5, 5.41) is 0. The molecule has 29 heavy (non-hydrogen) atoms. The van der Waals surface area contributed by atoms with Crippen LogP contribution in [-0.2, 0) is 9.59 Å². The van der Waals surface area contributed by atoms with E-state index >= 15 is 0 Å². The van der Waals surface area contributed by atoms with Gasteiger partial charge in [0, 0.05) is 4.47 Å². The Balaban J connectivity index is 1.61. The fourth-order valence-electron chi connectivity index (χ4n) is 2.88. The molecule has 0 bridgehead atoms. The van der Waals surface area contributed by atoms with E-state index in [1.807, 2.05) is 79.7 Å². The Hall–Kier alpha value is -3.12. The van der Waals surface area contributed by atoms with Gasteiger partial charge in [0.15, 0.2) is 6.61 Å². The summed E-state index contributed by atoms with van der Waals surface area (Å²) in [7, 11) is 0. The van der Waals surface area contributed by atoms with Gasteiger partial charge in [-0.15, -0.1) is 0 Å². The van der Waals surface area contributed by atoms with Gasteiger partial charge in [-0.05, 0) is 41.8 Å². The number of carbonyl (C=O) groups excluding carboxylic acids is 2. The van der Waals surface area contributed by atoms with E-state index in [1.54, 1.807) is 6.07 Å². The second-order valence-corrected chi connectivity index (χ2v) is 7.35. The van der Waals surface area contributed by atoms with Crippen LogP contribution in [0.3, 0.4) is 0 Å². The van der Waals surface area contributed by atoms with E-state index in [9.17, 15) is 9.59 Å². The van der Waals surface area contributed by atoms with Crippen molar-refractivity contribution in [1.29, 1.82) is 0 Å². The molecule has 0 unspecified atom stereocenters. The molecule has 3 aromatic rings. The molecule has 3 aromatic carbocycles. The zero-order chi connectivity index (χ0) is 20.6. The lowest BCUT2D eigenvalue weighted by atomic mass is 9.91. The van der Waals surface area contributed by atoms with Crippen LogP contribution in [0.5, 0.6) is 5.75 Å². The molecule has 0 aromatic heterocycles. The Morgan fingerprint density at radius 3 is 2.03 bits per heavy atom. The van der Waals surface area contributed by atoms with Crippen molar-refractivity contribution in [2.24, 2.45) is 0 Å². The first-order valence-corrected chi connectivity index (χ1v) is 9.91. The van der Waals surface area contributed by atoms with Crippen LogP contribution in [0, 0.1) is 6.92 Å². The molecule has 0 aliphatic carbocycles. The normalized spacial score (nSPS) is 10.4. The smallest absolute Gasteiger partial charge is 0.276 e. The zero-order valence-corrected chi connectivity index (χ0v) is 17.5. The molecule has 5 nitrogen and oxygen atoms in total. The molecule has 3 rings (SSSR count). The quantitative estimate of drug-likeness (QED) is 0.552. The third kappa shape index (κ3) is 5.68. The summed E-state index contributed by atoms with van der Waals surface area (Å²) < 4.78 is 6.45. The van der Waals surface area contributed by atoms with E-state index in [4.69, 9.17) is 4.74 Å². The van der Waals surface area contributed by atoms with E-state index in [-0.39, 0.29) is 12.5 Å². The van der Waals surface area contributed by atoms with Crippen molar-refractivity contribution in [2.45, 2.75) is 12.8 Å². The minimum atomic E-state index is -0.534. The van der Waals surface area contributed by atoms with E-state index in [1.165, 1.54) is 0 Å². The highest BCUT2D eigenvalue weighted by Crippen LogP contribution is 2.24. The van der Waals surface area contributed by atoms with Crippen molar-refractivity contribution in [3.8, 4) is 5.75 Å². The topological polar surface area (TPSA) is 67.4 Å². The van der Waals surface area contributed by atoms with Gasteiger partial charge < -0.3 is 4.74 Å². The molecule has 0 aliphatic heterocycles. The molecule has 6 heteroatoms. The van der Waals surface area contributed by atoms with Crippen molar-refractivity contribution in [1.82, 2.24) is 10.9 Å². The Kier molecular flexibility index (Phi) is 7.03. The molecule has 0 aliphatic rings. The standard InChI is InChI=1S/C23H21BrN2O3/c1-16-14-19(12-13-20(16)24)29-15-21(27)25-26-23(28)22(17-8-4-2-5-9-17)18-10-6-3-7-11-18/h2-14,22H,15H2,1H3,(H,25,27)(H,26,28). The summed E-state index contributed by atoms with van der Waals surface area (Å²) in [6, 6.07) is 24.3. The van der Waals surface area contributed by atoms with Crippen LogP contribution in [0.1, 0.15) is 22.6 Å². The SMILES string of the molecule is Cc1cc(OCC(=O)NNC(=O)C(c2ccccc2)c2ccccc2)ccc1Br. The number of benzene rings is 3. The van der Waals surface area contributed by atoms with Gasteiger partial charge in [-0.25, -0.2) is 0 Å². The Morgan fingerprint density at radius 2 is 1.48 bits per heavy atom. The van der Waals surface area contributed by atoms with Gasteiger partial charge >= 0.3 is 0 Å². The first-order valence-electron chi connectivity index (χ1n) is 9.12. The first-order chi connectivity index (χ1) is 14.0. The van der Waals surface area contributed by atoms with Crippen molar-refractivity contribution in [3.63, 3.8) is 0 Å². The zero-order valence-electron chi connectivity index (χ0n) is 15.9. The molecule has 0 radical (unpaired) electrons. The van der Waals surface area contributed by atoms with Gasteiger partial charge in [0.2, 0.25) is 5.91 Å². The van der Waals surface area contributed by atoms with Crippen LogP contribution < -0.4 is 15.6 Å². The van der Waals surface area contributed by atoms with Gasteiger partial charge in [-0.1, -0.05) is 76.6 Å². The number of ether oxygens (including phenoxy) is 1. The number of carbonyl (C=O) groups is 2. The number of hydrazine groups is 1. The van der Waals surface area contributed by atoms with Crippen molar-refractivity contribution < 1.29 is 14.3 Å². The molecule has 0 saturated carbocycles. The average Bonchev–Trinajstić information content (AvgIpc) is 2.75. The maximum absolute atomic E-state index is 12.8. The summed E-state index contributed by atoms with van der Waals surface area (Å²) >= 11 is 3.42. The number of hydrogen-bond acceptors (Lipinski definition) is 3. The predicted octanol–water partition coefficient (Wildman–Crippen LogP) is 4.12. The van der Waals surface area contributed by atoms with Gasteiger partial charge in [-0.3, -0.25) is 20.4 Å². The summed E-state index contributed by atoms with van der Waals surface area (Å²) in [5.74, 6) is -0.722. The van der Waals surface area contributed by atoms with Crippen LogP contribution in [0.4, 0.5) is 0 Å². The van der Waals surface area contributed by atoms with E-state index < -0.39 is 11.8 Å². The van der Waals surface area contributed by atoms with E-state index in [0.717, 1.165) is 21.2 Å². The summed E-state index contributed by atoms with van der Waals surface area (Å²) in [5.41, 5.74) is 7.62. The molecule has 0 spiro atoms. The average molecular weight is 453 g/mol. The Labute approximate surface area is 178 Å². The number of nitrogens with one attached hydrogen (secondary N) is 2. The summed E-state index contributed by atoms with van der Waals surface area (Å²) in [6.45, 7) is 1.73. The molecular formula is C23H21BrN2O3. The van der Waals surface area contributed by atoms with E-state index in [0.29, 0.717) is 5.75 Å². The lowest BCUT2D eigenvalue weighted by molar-refractivity contribution is -0.130. The second kappa shape index (κ2) is 9.89. The molecule has 2 N–H and O–H groups in total. The van der Waals surface area contributed by atoms with Crippen LogP contribution in [0.15, 0.2) is 83.3 Å². The van der Waals surface area contributed by atoms with Crippen molar-refractivity contribution in [2.75, 3.05) is 6.61 Å². The fraction of sp³-hybridized carbons (Fsp3) is 0.130. The summed E-state index contributed by atoms with van der Waals surface area (Å²) in [4.78, 5) is 24.9. The molecule has 2 amide bonds. The Bertz CT molecular complexity index is 938. The van der Waals surface area contributed by atoms with Crippen LogP contribution in [0.25, 0.3) is 0 Å². The highest BCUT2D eigenvalue weighted by molar-refractivity contribution is 9.10. The molecule has 0 saturated heterocycles. The van der Waals surface area contributed by atoms with Gasteiger partial charge in [0.1, 0.15) is 5.75 Å². The third-order valence-corrected chi connectivity index (χ3v) is 5.24. The van der Waals surface area contributed by atoms with Gasteiger partial charge in [0.05, 0.1) is 5.92 Å². The Morgan fingerprint density at radius 1 is 0.897 bits per heavy atom. The first kappa shape index (κ1) is 20.6. The second-order valence-electron chi connectivity index (χ2n) is 6.49. The minimum absolute atomic E-state index is 0.206. The molecule has 148 valence electrons. The maximum Gasteiger partial charge on any atom is 0.276 e. The van der Waals surface area contributed by atoms with Crippen LogP contribution in [-0.4, -0.2) is 18.4 Å². The van der Waals surface area contributed by atoms with Gasteiger partial charge in [0.25, 0.3) is 5.91 Å². The fourth-order valence-corrected chi connectivity index (χ4v) is 3.13. The predicted molar refractivity (Wildman–Crippen MR) is 115 cm³/mol. The lowest BCUT2D eigenvalue weighted by Crippen LogP contribution is -2.46. The number of hydrogen-bond donors (Lipinski definition) is 2. The van der Waals surface area contributed by atoms with E-state index in [2.05, 4.69) is 26.8 Å². The molecule has 0 heterocycles. The summed E-state index contributed by atoms with van der Waals surface area (Å²) in [6.07, 6.45) is 0. The number of halogens is 1. The largest absolute Gasteiger partial charge is 0.484 e. The van der Waals surface area contributed by atoms with Crippen LogP contribution in [0.2, 0.25) is 0 Å². The number of amides is 2. The van der Waals surface area contributed by atoms with Crippen LogP contribution >= 0.6 is 15.9 Å². The highest BCUT2D eigenvalue weighted by Gasteiger charge is 2.22. The monoisotopic (exact) mass is 452 g/mol. The number of aryl methyl sites for hydroxylation is 1.